The number of pyridine rings is 1. The van der Waals surface area contributed by atoms with Gasteiger partial charge in [0.15, 0.2) is 0 Å². The SMILES string of the molecule is Cc1ncccc1C(=O)Nc1ccc(OCCN)cc1. The van der Waals surface area contributed by atoms with E-state index in [0.717, 1.165) is 5.75 Å². The molecular formula is C15H17N3O2. The highest BCUT2D eigenvalue weighted by molar-refractivity contribution is 6.04. The Hall–Kier alpha value is -2.40. The van der Waals surface area contributed by atoms with Crippen molar-refractivity contribution in [3.63, 3.8) is 0 Å². The first-order valence-electron chi connectivity index (χ1n) is 6.36. The van der Waals surface area contributed by atoms with Gasteiger partial charge in [-0.3, -0.25) is 9.78 Å². The molecule has 0 aliphatic heterocycles. The average Bonchev–Trinajstić information content (AvgIpc) is 2.47. The molecule has 0 spiro atoms. The van der Waals surface area contributed by atoms with Crippen LogP contribution in [0.3, 0.4) is 0 Å². The Morgan fingerprint density at radius 1 is 1.30 bits per heavy atom. The summed E-state index contributed by atoms with van der Waals surface area (Å²) in [6, 6.07) is 10.6. The molecule has 0 aliphatic carbocycles. The van der Waals surface area contributed by atoms with Crippen LogP contribution in [-0.2, 0) is 0 Å². The Morgan fingerprint density at radius 3 is 2.70 bits per heavy atom. The zero-order chi connectivity index (χ0) is 14.4. The smallest absolute Gasteiger partial charge is 0.257 e. The number of aryl methyl sites for hydroxylation is 1. The average molecular weight is 271 g/mol. The molecule has 2 rings (SSSR count). The fraction of sp³-hybridized carbons (Fsp3) is 0.200. The molecule has 0 bridgehead atoms. The van der Waals surface area contributed by atoms with Crippen molar-refractivity contribution in [1.29, 1.82) is 0 Å². The minimum atomic E-state index is -0.175. The second-order valence-corrected chi connectivity index (χ2v) is 4.25. The second kappa shape index (κ2) is 6.68. The molecule has 5 nitrogen and oxygen atoms in total. The van der Waals surface area contributed by atoms with Crippen LogP contribution in [0.4, 0.5) is 5.69 Å². The predicted octanol–water partition coefficient (Wildman–Crippen LogP) is 1.98. The predicted molar refractivity (Wildman–Crippen MR) is 77.9 cm³/mol. The highest BCUT2D eigenvalue weighted by Crippen LogP contribution is 2.16. The third-order valence-electron chi connectivity index (χ3n) is 2.75. The third-order valence-corrected chi connectivity index (χ3v) is 2.75. The number of anilines is 1. The standard InChI is InChI=1S/C15H17N3O2/c1-11-14(3-2-9-17-11)15(19)18-12-4-6-13(7-5-12)20-10-8-16/h2-7,9H,8,10,16H2,1H3,(H,18,19). The van der Waals surface area contributed by atoms with E-state index in [1.807, 2.05) is 0 Å². The van der Waals surface area contributed by atoms with Crippen LogP contribution in [0.2, 0.25) is 0 Å². The molecule has 20 heavy (non-hydrogen) atoms. The van der Waals surface area contributed by atoms with Gasteiger partial charge >= 0.3 is 0 Å². The first-order chi connectivity index (χ1) is 9.70. The number of nitrogens with two attached hydrogens (primary N) is 1. The number of aromatic nitrogens is 1. The van der Waals surface area contributed by atoms with E-state index in [1.54, 1.807) is 49.5 Å². The van der Waals surface area contributed by atoms with E-state index < -0.39 is 0 Å². The van der Waals surface area contributed by atoms with Crippen LogP contribution in [0.1, 0.15) is 16.1 Å². The summed E-state index contributed by atoms with van der Waals surface area (Å²) in [6.45, 7) is 2.75. The van der Waals surface area contributed by atoms with Gasteiger partial charge < -0.3 is 15.8 Å². The van der Waals surface area contributed by atoms with Crippen molar-refractivity contribution in [2.24, 2.45) is 5.73 Å². The van der Waals surface area contributed by atoms with Gasteiger partial charge in [-0.05, 0) is 43.3 Å². The van der Waals surface area contributed by atoms with E-state index in [2.05, 4.69) is 10.3 Å². The summed E-state index contributed by atoms with van der Waals surface area (Å²) < 4.78 is 5.37. The highest BCUT2D eigenvalue weighted by atomic mass is 16.5. The summed E-state index contributed by atoms with van der Waals surface area (Å²) in [5, 5.41) is 2.82. The number of hydrogen-bond donors (Lipinski definition) is 2. The molecular weight excluding hydrogens is 254 g/mol. The Bertz CT molecular complexity index is 582. The Labute approximate surface area is 117 Å². The molecule has 0 saturated carbocycles. The lowest BCUT2D eigenvalue weighted by molar-refractivity contribution is 0.102. The van der Waals surface area contributed by atoms with Gasteiger partial charge in [0.1, 0.15) is 12.4 Å². The summed E-state index contributed by atoms with van der Waals surface area (Å²) >= 11 is 0. The first-order valence-corrected chi connectivity index (χ1v) is 6.36. The third kappa shape index (κ3) is 3.55. The van der Waals surface area contributed by atoms with Gasteiger partial charge in [0.25, 0.3) is 5.91 Å². The summed E-state index contributed by atoms with van der Waals surface area (Å²) in [4.78, 5) is 16.2. The van der Waals surface area contributed by atoms with Crippen LogP contribution in [0.5, 0.6) is 5.75 Å². The van der Waals surface area contributed by atoms with Crippen LogP contribution in [0.25, 0.3) is 0 Å². The van der Waals surface area contributed by atoms with Crippen molar-refractivity contribution in [2.45, 2.75) is 6.92 Å². The molecule has 1 heterocycles. The summed E-state index contributed by atoms with van der Waals surface area (Å²) in [5.74, 6) is 0.553. The van der Waals surface area contributed by atoms with Crippen LogP contribution in [-0.4, -0.2) is 24.0 Å². The molecule has 0 saturated heterocycles. The largest absolute Gasteiger partial charge is 0.492 e. The number of amides is 1. The molecule has 1 amide bonds. The van der Waals surface area contributed by atoms with Gasteiger partial charge in [0.2, 0.25) is 0 Å². The zero-order valence-electron chi connectivity index (χ0n) is 11.3. The number of rotatable bonds is 5. The molecule has 1 aromatic heterocycles. The van der Waals surface area contributed by atoms with Gasteiger partial charge in [-0.15, -0.1) is 0 Å². The minimum Gasteiger partial charge on any atom is -0.492 e. The maximum atomic E-state index is 12.1. The lowest BCUT2D eigenvalue weighted by Gasteiger charge is -2.08. The van der Waals surface area contributed by atoms with Crippen LogP contribution in [0, 0.1) is 6.92 Å². The monoisotopic (exact) mass is 271 g/mol. The van der Waals surface area contributed by atoms with E-state index >= 15 is 0 Å². The van der Waals surface area contributed by atoms with E-state index in [1.165, 1.54) is 0 Å². The van der Waals surface area contributed by atoms with Crippen molar-refractivity contribution in [3.8, 4) is 5.75 Å². The van der Waals surface area contributed by atoms with E-state index in [0.29, 0.717) is 30.1 Å². The molecule has 0 aliphatic rings. The van der Waals surface area contributed by atoms with Gasteiger partial charge in [0, 0.05) is 24.1 Å². The summed E-state index contributed by atoms with van der Waals surface area (Å²) in [5.41, 5.74) is 7.34. The van der Waals surface area contributed by atoms with Crippen molar-refractivity contribution < 1.29 is 9.53 Å². The Kier molecular flexibility index (Phi) is 4.68. The fourth-order valence-electron chi connectivity index (χ4n) is 1.73. The number of ether oxygens (including phenoxy) is 1. The lowest BCUT2D eigenvalue weighted by Crippen LogP contribution is -2.14. The lowest BCUT2D eigenvalue weighted by atomic mass is 10.2. The minimum absolute atomic E-state index is 0.175. The number of benzene rings is 1. The molecule has 3 N–H and O–H groups in total. The van der Waals surface area contributed by atoms with Gasteiger partial charge in [-0.2, -0.15) is 0 Å². The number of hydrogen-bond acceptors (Lipinski definition) is 4. The van der Waals surface area contributed by atoms with Crippen molar-refractivity contribution in [1.82, 2.24) is 4.98 Å². The van der Waals surface area contributed by atoms with Crippen LogP contribution < -0.4 is 15.8 Å². The first kappa shape index (κ1) is 14.0. The molecule has 1 aromatic carbocycles. The van der Waals surface area contributed by atoms with Gasteiger partial charge in [-0.25, -0.2) is 0 Å². The summed E-state index contributed by atoms with van der Waals surface area (Å²) in [7, 11) is 0. The van der Waals surface area contributed by atoms with E-state index in [-0.39, 0.29) is 5.91 Å². The molecule has 0 atom stereocenters. The highest BCUT2D eigenvalue weighted by Gasteiger charge is 2.09. The Morgan fingerprint density at radius 2 is 2.05 bits per heavy atom. The molecule has 0 fully saturated rings. The fourth-order valence-corrected chi connectivity index (χ4v) is 1.73. The van der Waals surface area contributed by atoms with Crippen molar-refractivity contribution >= 4 is 11.6 Å². The maximum Gasteiger partial charge on any atom is 0.257 e. The molecule has 0 radical (unpaired) electrons. The quantitative estimate of drug-likeness (QED) is 0.871. The van der Waals surface area contributed by atoms with Gasteiger partial charge in [0.05, 0.1) is 5.56 Å². The number of nitrogens with zero attached hydrogens (tertiary/aromatic N) is 1. The number of carbonyl (C=O) groups is 1. The van der Waals surface area contributed by atoms with E-state index in [9.17, 15) is 4.79 Å². The molecule has 5 heteroatoms. The molecule has 104 valence electrons. The van der Waals surface area contributed by atoms with E-state index in [4.69, 9.17) is 10.5 Å². The Balaban J connectivity index is 2.03. The number of nitrogens with one attached hydrogen (secondary N) is 1. The normalized spacial score (nSPS) is 10.1. The zero-order valence-corrected chi connectivity index (χ0v) is 11.3. The molecule has 2 aromatic rings. The second-order valence-electron chi connectivity index (χ2n) is 4.25. The molecule has 0 unspecified atom stereocenters. The summed E-state index contributed by atoms with van der Waals surface area (Å²) in [6.07, 6.45) is 1.66. The van der Waals surface area contributed by atoms with Crippen molar-refractivity contribution in [3.05, 3.63) is 53.9 Å². The van der Waals surface area contributed by atoms with Crippen LogP contribution >= 0.6 is 0 Å². The van der Waals surface area contributed by atoms with Gasteiger partial charge in [-0.1, -0.05) is 0 Å². The van der Waals surface area contributed by atoms with Crippen LogP contribution in [0.15, 0.2) is 42.6 Å². The topological polar surface area (TPSA) is 77.2 Å². The number of carbonyl (C=O) groups excluding carboxylic acids is 1. The van der Waals surface area contributed by atoms with Crippen molar-refractivity contribution in [2.75, 3.05) is 18.5 Å². The maximum absolute atomic E-state index is 12.1.